The summed E-state index contributed by atoms with van der Waals surface area (Å²) in [6, 6.07) is 10.2. The van der Waals surface area contributed by atoms with Gasteiger partial charge in [0.05, 0.1) is 18.0 Å². The monoisotopic (exact) mass is 326 g/mol. The summed E-state index contributed by atoms with van der Waals surface area (Å²) in [5.41, 5.74) is 0.931. The van der Waals surface area contributed by atoms with E-state index in [1.54, 1.807) is 0 Å². The summed E-state index contributed by atoms with van der Waals surface area (Å²) in [5, 5.41) is 9.86. The number of aromatic nitrogens is 2. The van der Waals surface area contributed by atoms with Crippen molar-refractivity contribution in [2.75, 3.05) is 57.6 Å². The lowest BCUT2D eigenvalue weighted by Gasteiger charge is -2.23. The van der Waals surface area contributed by atoms with Gasteiger partial charge < -0.3 is 14.7 Å². The minimum absolute atomic E-state index is 0.475. The van der Waals surface area contributed by atoms with E-state index in [0.29, 0.717) is 13.0 Å². The zero-order valence-corrected chi connectivity index (χ0v) is 15.0. The predicted molar refractivity (Wildman–Crippen MR) is 99.5 cm³/mol. The summed E-state index contributed by atoms with van der Waals surface area (Å²) in [6.07, 6.45) is 1.53. The molecule has 0 amide bonds. The highest BCUT2D eigenvalue weighted by atomic mass is 15.3. The van der Waals surface area contributed by atoms with Gasteiger partial charge in [0.1, 0.15) is 5.82 Å². The van der Waals surface area contributed by atoms with Crippen molar-refractivity contribution in [3.63, 3.8) is 0 Å². The van der Waals surface area contributed by atoms with Crippen LogP contribution in [-0.4, -0.2) is 62.7 Å². The van der Waals surface area contributed by atoms with Gasteiger partial charge in [-0.25, -0.2) is 4.98 Å². The highest BCUT2D eigenvalue weighted by molar-refractivity contribution is 5.90. The van der Waals surface area contributed by atoms with Gasteiger partial charge in [-0.15, -0.1) is 0 Å². The van der Waals surface area contributed by atoms with E-state index in [1.165, 1.54) is 0 Å². The van der Waals surface area contributed by atoms with Gasteiger partial charge in [-0.3, -0.25) is 0 Å². The molecule has 0 radical (unpaired) electrons. The van der Waals surface area contributed by atoms with Gasteiger partial charge in [-0.05, 0) is 39.2 Å². The fourth-order valence-corrected chi connectivity index (χ4v) is 2.56. The van der Waals surface area contributed by atoms with Crippen LogP contribution in [0.5, 0.6) is 0 Å². The fourth-order valence-electron chi connectivity index (χ4n) is 2.56. The second kappa shape index (κ2) is 8.46. The summed E-state index contributed by atoms with van der Waals surface area (Å²) in [7, 11) is 8.16. The molecule has 128 valence electrons. The van der Waals surface area contributed by atoms with Crippen LogP contribution >= 0.6 is 0 Å². The van der Waals surface area contributed by atoms with E-state index in [4.69, 9.17) is 15.2 Å². The van der Waals surface area contributed by atoms with Gasteiger partial charge in [0.2, 0.25) is 5.95 Å². The first-order valence-corrected chi connectivity index (χ1v) is 8.23. The number of nitriles is 1. The quantitative estimate of drug-likeness (QED) is 0.742. The van der Waals surface area contributed by atoms with Gasteiger partial charge in [0, 0.05) is 32.6 Å². The molecule has 24 heavy (non-hydrogen) atoms. The Morgan fingerprint density at radius 3 is 2.42 bits per heavy atom. The van der Waals surface area contributed by atoms with Crippen LogP contribution < -0.4 is 9.80 Å². The molecule has 0 unspecified atom stereocenters. The largest absolute Gasteiger partial charge is 0.358 e. The van der Waals surface area contributed by atoms with Gasteiger partial charge in [-0.1, -0.05) is 12.1 Å². The lowest BCUT2D eigenvalue weighted by atomic mass is 10.2. The number of anilines is 2. The Bertz CT molecular complexity index is 706. The van der Waals surface area contributed by atoms with Crippen molar-refractivity contribution in [2.45, 2.75) is 12.8 Å². The molecule has 6 heteroatoms. The summed E-state index contributed by atoms with van der Waals surface area (Å²) < 4.78 is 0. The molecule has 0 atom stereocenters. The van der Waals surface area contributed by atoms with Crippen molar-refractivity contribution in [3.05, 3.63) is 24.3 Å². The molecule has 2 aromatic rings. The molecule has 2 rings (SSSR count). The highest BCUT2D eigenvalue weighted by Gasteiger charge is 2.13. The number of rotatable bonds is 8. The summed E-state index contributed by atoms with van der Waals surface area (Å²) in [5.74, 6) is 1.61. The number of nitrogens with zero attached hydrogens (tertiary/aromatic N) is 6. The van der Waals surface area contributed by atoms with Crippen LogP contribution in [0.1, 0.15) is 12.8 Å². The lowest BCUT2D eigenvalue weighted by molar-refractivity contribution is 0.401. The van der Waals surface area contributed by atoms with Crippen LogP contribution in [0.4, 0.5) is 11.8 Å². The molecule has 0 saturated carbocycles. The summed E-state index contributed by atoms with van der Waals surface area (Å²) in [4.78, 5) is 15.8. The fraction of sp³-hybridized carbons (Fsp3) is 0.500. The number of benzene rings is 1. The number of fused-ring (bicyclic) bond motifs is 1. The molecular weight excluding hydrogens is 300 g/mol. The van der Waals surface area contributed by atoms with Crippen molar-refractivity contribution >= 4 is 22.7 Å². The molecule has 0 saturated heterocycles. The maximum absolute atomic E-state index is 8.84. The summed E-state index contributed by atoms with van der Waals surface area (Å²) in [6.45, 7) is 2.59. The van der Waals surface area contributed by atoms with E-state index in [-0.39, 0.29) is 0 Å². The Morgan fingerprint density at radius 1 is 0.958 bits per heavy atom. The summed E-state index contributed by atoms with van der Waals surface area (Å²) >= 11 is 0. The smallest absolute Gasteiger partial charge is 0.227 e. The highest BCUT2D eigenvalue weighted by Crippen LogP contribution is 2.25. The standard InChI is InChI=1S/C18H26N6/c1-22(2)12-8-14-24(4)18-20-16-10-6-5-9-15(16)17(21-18)23(3)13-7-11-19/h5-6,9-10H,7-8,12-14H2,1-4H3. The van der Waals surface area contributed by atoms with E-state index in [1.807, 2.05) is 43.3 Å². The number of para-hydroxylation sites is 1. The van der Waals surface area contributed by atoms with Crippen molar-refractivity contribution in [3.8, 4) is 6.07 Å². The van der Waals surface area contributed by atoms with Gasteiger partial charge in [0.15, 0.2) is 0 Å². The lowest BCUT2D eigenvalue weighted by Crippen LogP contribution is -2.26. The average Bonchev–Trinajstić information content (AvgIpc) is 2.58. The molecule has 6 nitrogen and oxygen atoms in total. The third-order valence-electron chi connectivity index (χ3n) is 3.93. The SMILES string of the molecule is CN(C)CCCN(C)c1nc(N(C)CCC#N)c2ccccc2n1. The second-order valence-electron chi connectivity index (χ2n) is 6.27. The van der Waals surface area contributed by atoms with E-state index in [0.717, 1.165) is 42.2 Å². The Labute approximate surface area is 144 Å². The van der Waals surface area contributed by atoms with Gasteiger partial charge in [-0.2, -0.15) is 10.2 Å². The molecule has 0 bridgehead atoms. The molecule has 0 aliphatic heterocycles. The van der Waals surface area contributed by atoms with Crippen molar-refractivity contribution in [2.24, 2.45) is 0 Å². The van der Waals surface area contributed by atoms with E-state index in [9.17, 15) is 0 Å². The minimum Gasteiger partial charge on any atom is -0.358 e. The van der Waals surface area contributed by atoms with Crippen LogP contribution in [0, 0.1) is 11.3 Å². The van der Waals surface area contributed by atoms with Gasteiger partial charge >= 0.3 is 0 Å². The topological polar surface area (TPSA) is 59.3 Å². The first-order chi connectivity index (χ1) is 11.5. The Hall–Kier alpha value is -2.39. The zero-order chi connectivity index (χ0) is 17.5. The minimum atomic E-state index is 0.475. The molecule has 1 heterocycles. The average molecular weight is 326 g/mol. The molecule has 1 aromatic carbocycles. The first kappa shape index (κ1) is 18.0. The van der Waals surface area contributed by atoms with E-state index in [2.05, 4.69) is 30.0 Å². The van der Waals surface area contributed by atoms with Crippen LogP contribution in [0.3, 0.4) is 0 Å². The first-order valence-electron chi connectivity index (χ1n) is 8.23. The number of hydrogen-bond acceptors (Lipinski definition) is 6. The third kappa shape index (κ3) is 4.56. The molecule has 0 fully saturated rings. The van der Waals surface area contributed by atoms with Crippen LogP contribution in [0.2, 0.25) is 0 Å². The number of hydrogen-bond donors (Lipinski definition) is 0. The van der Waals surface area contributed by atoms with Crippen LogP contribution in [0.15, 0.2) is 24.3 Å². The van der Waals surface area contributed by atoms with Crippen LogP contribution in [-0.2, 0) is 0 Å². The molecule has 0 aliphatic carbocycles. The van der Waals surface area contributed by atoms with E-state index >= 15 is 0 Å². The van der Waals surface area contributed by atoms with E-state index < -0.39 is 0 Å². The zero-order valence-electron chi connectivity index (χ0n) is 15.0. The van der Waals surface area contributed by atoms with Crippen molar-refractivity contribution in [1.29, 1.82) is 5.26 Å². The molecule has 0 spiro atoms. The molecule has 0 aliphatic rings. The van der Waals surface area contributed by atoms with Crippen molar-refractivity contribution in [1.82, 2.24) is 14.9 Å². The Balaban J connectivity index is 2.29. The Morgan fingerprint density at radius 2 is 1.71 bits per heavy atom. The van der Waals surface area contributed by atoms with Crippen LogP contribution in [0.25, 0.3) is 10.9 Å². The van der Waals surface area contributed by atoms with Crippen molar-refractivity contribution < 1.29 is 0 Å². The van der Waals surface area contributed by atoms with Gasteiger partial charge in [0.25, 0.3) is 0 Å². The Kier molecular flexibility index (Phi) is 6.33. The molecule has 1 aromatic heterocycles. The molecule has 0 N–H and O–H groups in total. The maximum atomic E-state index is 8.84. The normalized spacial score (nSPS) is 10.8. The molecular formula is C18H26N6. The maximum Gasteiger partial charge on any atom is 0.227 e. The second-order valence-corrected chi connectivity index (χ2v) is 6.27. The third-order valence-corrected chi connectivity index (χ3v) is 3.93. The predicted octanol–water partition coefficient (Wildman–Crippen LogP) is 2.37.